The van der Waals surface area contributed by atoms with Gasteiger partial charge < -0.3 is 10.1 Å². The van der Waals surface area contributed by atoms with Gasteiger partial charge in [0.2, 0.25) is 0 Å². The van der Waals surface area contributed by atoms with E-state index in [0.29, 0.717) is 9.89 Å². The van der Waals surface area contributed by atoms with Crippen molar-refractivity contribution in [2.45, 2.75) is 31.8 Å². The molecule has 1 N–H and O–H groups in total. The topological polar surface area (TPSA) is 21.3 Å². The zero-order valence-electron chi connectivity index (χ0n) is 10.9. The van der Waals surface area contributed by atoms with Crippen LogP contribution in [0.4, 0.5) is 4.39 Å². The summed E-state index contributed by atoms with van der Waals surface area (Å²) >= 11 is 3.24. The highest BCUT2D eigenvalue weighted by atomic mass is 79.9. The zero-order valence-corrected chi connectivity index (χ0v) is 12.5. The van der Waals surface area contributed by atoms with Gasteiger partial charge in [0.05, 0.1) is 17.2 Å². The van der Waals surface area contributed by atoms with Gasteiger partial charge >= 0.3 is 0 Å². The third kappa shape index (κ3) is 2.86. The first-order valence-electron chi connectivity index (χ1n) is 6.96. The lowest BCUT2D eigenvalue weighted by atomic mass is 9.87. The summed E-state index contributed by atoms with van der Waals surface area (Å²) in [4.78, 5) is 0. The average Bonchev–Trinajstić information content (AvgIpc) is 2.75. The molecule has 1 atom stereocenters. The Kier molecular flexibility index (Phi) is 3.92. The van der Waals surface area contributed by atoms with Crippen molar-refractivity contribution in [3.05, 3.63) is 34.1 Å². The minimum absolute atomic E-state index is 0.0249. The molecule has 3 rings (SSSR count). The maximum Gasteiger partial charge on any atom is 0.137 e. The standard InChI is InChI=1S/C15H19BrFNO/c16-12-7-11(3-4-13(12)17)14-8-18-9-15(10-19-14)5-1-2-6-15/h3-4,7,14,18H,1-2,5-6,8-10H2. The average molecular weight is 328 g/mol. The largest absolute Gasteiger partial charge is 0.372 e. The Morgan fingerprint density at radius 2 is 2.11 bits per heavy atom. The van der Waals surface area contributed by atoms with Gasteiger partial charge in [0.1, 0.15) is 5.82 Å². The van der Waals surface area contributed by atoms with Gasteiger partial charge in [-0.2, -0.15) is 0 Å². The SMILES string of the molecule is Fc1ccc(C2CNCC3(CCCC3)CO2)cc1Br. The fourth-order valence-electron chi connectivity index (χ4n) is 3.23. The Hall–Kier alpha value is -0.450. The first-order chi connectivity index (χ1) is 9.19. The lowest BCUT2D eigenvalue weighted by Gasteiger charge is -2.26. The van der Waals surface area contributed by atoms with Crippen LogP contribution in [0.2, 0.25) is 0 Å². The quantitative estimate of drug-likeness (QED) is 0.846. The second-order valence-corrected chi connectivity index (χ2v) is 6.67. The minimum Gasteiger partial charge on any atom is -0.372 e. The van der Waals surface area contributed by atoms with Gasteiger partial charge in [-0.3, -0.25) is 0 Å². The van der Waals surface area contributed by atoms with Crippen molar-refractivity contribution in [2.24, 2.45) is 5.41 Å². The number of ether oxygens (including phenoxy) is 1. The second kappa shape index (κ2) is 5.51. The minimum atomic E-state index is -0.224. The molecule has 1 heterocycles. The molecule has 0 bridgehead atoms. The molecule has 1 unspecified atom stereocenters. The van der Waals surface area contributed by atoms with E-state index in [1.54, 1.807) is 0 Å². The van der Waals surface area contributed by atoms with Crippen LogP contribution in [0.1, 0.15) is 37.4 Å². The van der Waals surface area contributed by atoms with E-state index >= 15 is 0 Å². The fraction of sp³-hybridized carbons (Fsp3) is 0.600. The molecule has 4 heteroatoms. The molecule has 104 valence electrons. The number of hydrogen-bond donors (Lipinski definition) is 1. The van der Waals surface area contributed by atoms with E-state index in [2.05, 4.69) is 21.2 Å². The molecule has 0 aromatic heterocycles. The predicted octanol–water partition coefficient (Wildman–Crippen LogP) is 3.81. The van der Waals surface area contributed by atoms with Crippen LogP contribution in [0.25, 0.3) is 0 Å². The third-order valence-electron chi connectivity index (χ3n) is 4.40. The monoisotopic (exact) mass is 327 g/mol. The highest BCUT2D eigenvalue weighted by Gasteiger charge is 2.36. The molecule has 2 fully saturated rings. The Morgan fingerprint density at radius 1 is 1.32 bits per heavy atom. The maximum absolute atomic E-state index is 13.3. The number of benzene rings is 1. The molecule has 19 heavy (non-hydrogen) atoms. The van der Waals surface area contributed by atoms with Crippen LogP contribution in [0.5, 0.6) is 0 Å². The lowest BCUT2D eigenvalue weighted by Crippen LogP contribution is -2.32. The summed E-state index contributed by atoms with van der Waals surface area (Å²) in [6.45, 7) is 2.67. The van der Waals surface area contributed by atoms with E-state index in [1.807, 2.05) is 12.1 Å². The molecule has 1 saturated heterocycles. The van der Waals surface area contributed by atoms with Crippen molar-refractivity contribution in [3.8, 4) is 0 Å². The molecule has 1 aromatic carbocycles. The highest BCUT2D eigenvalue weighted by molar-refractivity contribution is 9.10. The summed E-state index contributed by atoms with van der Waals surface area (Å²) in [7, 11) is 0. The van der Waals surface area contributed by atoms with Crippen LogP contribution in [0.15, 0.2) is 22.7 Å². The molecule has 1 aliphatic heterocycles. The van der Waals surface area contributed by atoms with Crippen LogP contribution in [-0.4, -0.2) is 19.7 Å². The van der Waals surface area contributed by atoms with Gasteiger partial charge in [0.15, 0.2) is 0 Å². The maximum atomic E-state index is 13.3. The van der Waals surface area contributed by atoms with Crippen molar-refractivity contribution < 1.29 is 9.13 Å². The summed E-state index contributed by atoms with van der Waals surface area (Å²) in [6.07, 6.45) is 5.19. The van der Waals surface area contributed by atoms with Gasteiger partial charge in [-0.1, -0.05) is 18.9 Å². The van der Waals surface area contributed by atoms with E-state index in [4.69, 9.17) is 4.74 Å². The molecule has 2 aliphatic rings. The van der Waals surface area contributed by atoms with Gasteiger partial charge in [-0.05, 0) is 46.5 Å². The molecular weight excluding hydrogens is 309 g/mol. The Labute approximate surface area is 121 Å². The molecule has 1 aliphatic carbocycles. The van der Waals surface area contributed by atoms with Crippen LogP contribution < -0.4 is 5.32 Å². The fourth-order valence-corrected chi connectivity index (χ4v) is 3.63. The number of rotatable bonds is 1. The second-order valence-electron chi connectivity index (χ2n) is 5.81. The molecule has 2 nitrogen and oxygen atoms in total. The highest BCUT2D eigenvalue weighted by Crippen LogP contribution is 2.40. The van der Waals surface area contributed by atoms with Crippen LogP contribution in [0.3, 0.4) is 0 Å². The summed E-state index contributed by atoms with van der Waals surface area (Å²) in [5.41, 5.74) is 1.38. The van der Waals surface area contributed by atoms with Crippen molar-refractivity contribution in [1.82, 2.24) is 5.32 Å². The normalized spacial score (nSPS) is 26.5. The Balaban J connectivity index is 1.73. The first kappa shape index (κ1) is 13.5. The predicted molar refractivity (Wildman–Crippen MR) is 76.6 cm³/mol. The molecule has 0 radical (unpaired) electrons. The summed E-state index contributed by atoms with van der Waals surface area (Å²) in [5, 5.41) is 3.53. The van der Waals surface area contributed by atoms with Crippen molar-refractivity contribution >= 4 is 15.9 Å². The molecule has 1 saturated carbocycles. The van der Waals surface area contributed by atoms with E-state index in [0.717, 1.165) is 25.3 Å². The Bertz CT molecular complexity index is 459. The van der Waals surface area contributed by atoms with E-state index < -0.39 is 0 Å². The van der Waals surface area contributed by atoms with Crippen LogP contribution in [-0.2, 0) is 4.74 Å². The van der Waals surface area contributed by atoms with Gasteiger partial charge in [0.25, 0.3) is 0 Å². The Morgan fingerprint density at radius 3 is 2.84 bits per heavy atom. The van der Waals surface area contributed by atoms with Crippen LogP contribution in [0, 0.1) is 11.2 Å². The van der Waals surface area contributed by atoms with Crippen molar-refractivity contribution in [3.63, 3.8) is 0 Å². The van der Waals surface area contributed by atoms with Gasteiger partial charge in [-0.25, -0.2) is 4.39 Å². The number of nitrogens with one attached hydrogen (secondary N) is 1. The summed E-state index contributed by atoms with van der Waals surface area (Å²) in [5.74, 6) is -0.224. The van der Waals surface area contributed by atoms with E-state index in [1.165, 1.54) is 31.7 Å². The summed E-state index contributed by atoms with van der Waals surface area (Å²) in [6, 6.07) is 5.15. The van der Waals surface area contributed by atoms with Gasteiger partial charge in [-0.15, -0.1) is 0 Å². The van der Waals surface area contributed by atoms with E-state index in [-0.39, 0.29) is 11.9 Å². The molecule has 1 aromatic rings. The zero-order chi connectivity index (χ0) is 13.3. The molecule has 0 amide bonds. The summed E-state index contributed by atoms with van der Waals surface area (Å²) < 4.78 is 19.9. The smallest absolute Gasteiger partial charge is 0.137 e. The first-order valence-corrected chi connectivity index (χ1v) is 7.75. The van der Waals surface area contributed by atoms with Crippen LogP contribution >= 0.6 is 15.9 Å². The van der Waals surface area contributed by atoms with Gasteiger partial charge in [0, 0.05) is 18.5 Å². The van der Waals surface area contributed by atoms with E-state index in [9.17, 15) is 4.39 Å². The molecule has 1 spiro atoms. The lowest BCUT2D eigenvalue weighted by molar-refractivity contribution is 0.0157. The molecular formula is C15H19BrFNO. The number of halogens is 2. The third-order valence-corrected chi connectivity index (χ3v) is 5.01. The number of hydrogen-bond acceptors (Lipinski definition) is 2. The van der Waals surface area contributed by atoms with Crippen molar-refractivity contribution in [2.75, 3.05) is 19.7 Å². The van der Waals surface area contributed by atoms with Crippen molar-refractivity contribution in [1.29, 1.82) is 0 Å².